The molecule has 0 amide bonds. The summed E-state index contributed by atoms with van der Waals surface area (Å²) in [5, 5.41) is 0. The van der Waals surface area contributed by atoms with Gasteiger partial charge in [-0.05, 0) is 29.6 Å². The van der Waals surface area contributed by atoms with Crippen molar-refractivity contribution in [1.29, 1.82) is 0 Å². The van der Waals surface area contributed by atoms with Crippen molar-refractivity contribution < 1.29 is 12.3 Å². The van der Waals surface area contributed by atoms with Crippen molar-refractivity contribution in [3.63, 3.8) is 0 Å². The fraction of sp³-hybridized carbons (Fsp3) is 0.500. The maximum atomic E-state index is 7.56. The monoisotopic (exact) mass is 197 g/mol. The number of halogens is 1. The zero-order valence-corrected chi connectivity index (χ0v) is 5.86. The van der Waals surface area contributed by atoms with Crippen LogP contribution in [0.3, 0.4) is 0 Å². The molecule has 0 spiro atoms. The number of nitrogens with zero attached hydrogens (tertiary/aromatic N) is 2. The van der Waals surface area contributed by atoms with E-state index in [0.717, 1.165) is 0 Å². The third-order valence-electron chi connectivity index (χ3n) is 0.774. The van der Waals surface area contributed by atoms with Crippen molar-refractivity contribution in [2.75, 3.05) is 0 Å². The van der Waals surface area contributed by atoms with Gasteiger partial charge in [0.2, 0.25) is 0 Å². The van der Waals surface area contributed by atoms with Crippen LogP contribution in [0, 0.1) is 6.85 Å². The van der Waals surface area contributed by atoms with Gasteiger partial charge in [0.25, 0.3) is 0 Å². The van der Waals surface area contributed by atoms with E-state index >= 15 is 0 Å². The largest absolute Gasteiger partial charge is 0.323 e. The van der Waals surface area contributed by atoms with Crippen LogP contribution in [0.25, 0.3) is 0 Å². The zero-order valence-electron chi connectivity index (χ0n) is 13.3. The minimum atomic E-state index is -3.09. The van der Waals surface area contributed by atoms with Crippen molar-refractivity contribution in [3.05, 3.63) is 16.6 Å². The van der Waals surface area contributed by atoms with E-state index in [2.05, 4.69) is 20.9 Å². The van der Waals surface area contributed by atoms with Crippen molar-refractivity contribution in [2.24, 2.45) is 0 Å². The van der Waals surface area contributed by atoms with Gasteiger partial charge in [-0.1, -0.05) is 0 Å². The molecule has 0 aliphatic carbocycles. The minimum absolute atomic E-state index is 0.324. The maximum absolute atomic E-state index is 7.56. The van der Waals surface area contributed by atoms with Crippen molar-refractivity contribution in [3.8, 4) is 0 Å². The summed E-state index contributed by atoms with van der Waals surface area (Å²) in [6.07, 6.45) is -0.533. The predicted octanol–water partition coefficient (Wildman–Crippen LogP) is 1.97. The highest BCUT2D eigenvalue weighted by Crippen LogP contribution is 2.10. The Morgan fingerprint density at radius 2 is 3.11 bits per heavy atom. The molecular formula is C6H9BrN2. The van der Waals surface area contributed by atoms with Gasteiger partial charge in [-0.3, -0.25) is 0 Å². The molecule has 0 fully saturated rings. The molecule has 9 heavy (non-hydrogen) atoms. The highest BCUT2D eigenvalue weighted by molar-refractivity contribution is 9.10. The van der Waals surface area contributed by atoms with Crippen molar-refractivity contribution in [2.45, 2.75) is 20.2 Å². The summed E-state index contributed by atoms with van der Waals surface area (Å²) in [7, 11) is 0. The lowest BCUT2D eigenvalue weighted by atomic mass is 10.6. The van der Waals surface area contributed by atoms with Gasteiger partial charge in [0, 0.05) is 17.5 Å². The van der Waals surface area contributed by atoms with Gasteiger partial charge in [0.1, 0.15) is 10.4 Å². The molecule has 1 aromatic rings. The van der Waals surface area contributed by atoms with E-state index in [1.165, 1.54) is 0 Å². The first-order chi connectivity index (χ1) is 7.80. The van der Waals surface area contributed by atoms with Gasteiger partial charge in [0.05, 0.1) is 7.54 Å². The second-order valence-electron chi connectivity index (χ2n) is 1.29. The topological polar surface area (TPSA) is 17.8 Å². The van der Waals surface area contributed by atoms with E-state index in [9.17, 15) is 0 Å². The normalized spacial score (nSPS) is 29.2. The molecular weight excluding hydrogens is 180 g/mol. The average molecular weight is 198 g/mol. The first kappa shape index (κ1) is 1.64. The third-order valence-corrected chi connectivity index (χ3v) is 1.31. The molecule has 1 rings (SSSR count). The first-order valence-corrected chi connectivity index (χ1v) is 2.85. The van der Waals surface area contributed by atoms with Gasteiger partial charge in [-0.2, -0.15) is 0 Å². The molecule has 50 valence electrons. The SMILES string of the molecule is [2H]c1nc(C([2H])([2H])[2H])n(C([2H])([2H])C([2H])([2H])[2H])c1Br. The fourth-order valence-electron chi connectivity index (χ4n) is 0.394. The summed E-state index contributed by atoms with van der Waals surface area (Å²) in [6, 6.07) is 0. The van der Waals surface area contributed by atoms with E-state index in [0.29, 0.717) is 4.57 Å². The first-order valence-electron chi connectivity index (χ1n) is 6.56. The molecule has 0 aliphatic heterocycles. The van der Waals surface area contributed by atoms with Crippen molar-refractivity contribution >= 4 is 15.9 Å². The van der Waals surface area contributed by atoms with Crippen LogP contribution in [0.15, 0.2) is 10.8 Å². The Labute approximate surface area is 75.7 Å². The average Bonchev–Trinajstić information content (AvgIpc) is 2.41. The van der Waals surface area contributed by atoms with Gasteiger partial charge in [-0.15, -0.1) is 0 Å². The molecule has 0 saturated carbocycles. The van der Waals surface area contributed by atoms with Gasteiger partial charge < -0.3 is 4.57 Å². The Kier molecular flexibility index (Phi) is 0.460. The molecule has 0 aliphatic rings. The van der Waals surface area contributed by atoms with Crippen LogP contribution in [0.1, 0.15) is 25.0 Å². The lowest BCUT2D eigenvalue weighted by Crippen LogP contribution is -1.96. The second-order valence-corrected chi connectivity index (χ2v) is 2.04. The molecule has 0 saturated heterocycles. The van der Waals surface area contributed by atoms with E-state index in [1.54, 1.807) is 0 Å². The van der Waals surface area contributed by atoms with E-state index in [1.807, 2.05) is 0 Å². The number of hydrogen-bond acceptors (Lipinski definition) is 1. The quantitative estimate of drug-likeness (QED) is 0.674. The van der Waals surface area contributed by atoms with Crippen LogP contribution in [0.2, 0.25) is 0 Å². The third kappa shape index (κ3) is 1.15. The molecule has 0 bridgehead atoms. The van der Waals surface area contributed by atoms with E-state index in [-0.39, 0.29) is 4.60 Å². The molecule has 0 atom stereocenters. The number of aryl methyl sites for hydroxylation is 1. The van der Waals surface area contributed by atoms with Crippen LogP contribution in [-0.2, 0) is 6.50 Å². The summed E-state index contributed by atoms with van der Waals surface area (Å²) < 4.78 is 65.5. The van der Waals surface area contributed by atoms with Crippen LogP contribution in [-0.4, -0.2) is 9.55 Å². The minimum Gasteiger partial charge on any atom is -0.323 e. The summed E-state index contributed by atoms with van der Waals surface area (Å²) >= 11 is 2.79. The Bertz CT molecular complexity index is 457. The van der Waals surface area contributed by atoms with Crippen LogP contribution < -0.4 is 0 Å². The second kappa shape index (κ2) is 2.52. The molecule has 2 nitrogen and oxygen atoms in total. The molecule has 0 unspecified atom stereocenters. The van der Waals surface area contributed by atoms with E-state index in [4.69, 9.17) is 12.3 Å². The van der Waals surface area contributed by atoms with Gasteiger partial charge >= 0.3 is 0 Å². The Hall–Kier alpha value is -0.310. The lowest BCUT2D eigenvalue weighted by molar-refractivity contribution is 0.716. The van der Waals surface area contributed by atoms with Gasteiger partial charge in [-0.25, -0.2) is 4.98 Å². The molecule has 0 N–H and O–H groups in total. The molecule has 3 heteroatoms. The smallest absolute Gasteiger partial charge is 0.106 e. The van der Waals surface area contributed by atoms with Crippen LogP contribution >= 0.6 is 15.9 Å². The Morgan fingerprint density at radius 3 is 3.78 bits per heavy atom. The number of imidazole rings is 1. The maximum Gasteiger partial charge on any atom is 0.106 e. The van der Waals surface area contributed by atoms with Crippen molar-refractivity contribution in [1.82, 2.24) is 9.55 Å². The zero-order chi connectivity index (χ0) is 14.5. The van der Waals surface area contributed by atoms with Crippen LogP contribution in [0.4, 0.5) is 0 Å². The summed E-state index contributed by atoms with van der Waals surface area (Å²) in [4.78, 5) is 3.39. The highest BCUT2D eigenvalue weighted by Gasteiger charge is 1.98. The Morgan fingerprint density at radius 1 is 2.22 bits per heavy atom. The Balaban J connectivity index is 3.59. The summed E-state index contributed by atoms with van der Waals surface area (Å²) in [6.45, 7) is -8.90. The number of hydrogen-bond donors (Lipinski definition) is 0. The summed E-state index contributed by atoms with van der Waals surface area (Å²) in [5.74, 6) is -0.777. The fourth-order valence-corrected chi connectivity index (χ4v) is 0.739. The molecule has 1 heterocycles. The molecule has 0 radical (unpaired) electrons. The van der Waals surface area contributed by atoms with E-state index < -0.39 is 32.2 Å². The molecule has 0 aromatic carbocycles. The predicted molar refractivity (Wildman–Crippen MR) is 40.3 cm³/mol. The molecule has 1 aromatic heterocycles. The number of rotatable bonds is 1. The number of aromatic nitrogens is 2. The lowest BCUT2D eigenvalue weighted by Gasteiger charge is -1.99. The summed E-state index contributed by atoms with van der Waals surface area (Å²) in [5.41, 5.74) is 0. The van der Waals surface area contributed by atoms with Crippen LogP contribution in [0.5, 0.6) is 0 Å². The standard InChI is InChI=1S/C6H9BrN2/c1-3-9-5(2)8-4-6(9)7/h4H,3H2,1-2H3/i1D3,2D3,3D2,4D. The van der Waals surface area contributed by atoms with Gasteiger partial charge in [0.15, 0.2) is 0 Å². The highest BCUT2D eigenvalue weighted by atomic mass is 79.9.